The topological polar surface area (TPSA) is 96.4 Å². The third-order valence-corrected chi connectivity index (χ3v) is 2.49. The Morgan fingerprint density at radius 2 is 2.00 bits per heavy atom. The SMILES string of the molecule is Cc1cc([N+](=O)[O-])ccc1-c1ccc(C(=O)[O-])o1. The standard InChI is InChI=1S/C12H9NO5/c1-7-6-8(13(16)17)2-3-9(7)10-4-5-11(18-10)12(14)15/h2-6H,1H3,(H,14,15)/p-1. The highest BCUT2D eigenvalue weighted by molar-refractivity contribution is 5.83. The summed E-state index contributed by atoms with van der Waals surface area (Å²) in [6, 6.07) is 7.02. The smallest absolute Gasteiger partial charge is 0.269 e. The molecule has 6 nitrogen and oxygen atoms in total. The van der Waals surface area contributed by atoms with Crippen molar-refractivity contribution in [3.05, 3.63) is 51.8 Å². The van der Waals surface area contributed by atoms with Gasteiger partial charge in [0.05, 0.1) is 4.92 Å². The predicted molar refractivity (Wildman–Crippen MR) is 59.9 cm³/mol. The minimum Gasteiger partial charge on any atom is -0.542 e. The first kappa shape index (κ1) is 11.8. The van der Waals surface area contributed by atoms with E-state index >= 15 is 0 Å². The number of carboxylic acids is 1. The number of nitrogens with zero attached hydrogens (tertiary/aromatic N) is 1. The number of nitro benzene ring substituents is 1. The van der Waals surface area contributed by atoms with Gasteiger partial charge in [-0.1, -0.05) is 0 Å². The molecule has 0 unspecified atom stereocenters. The maximum Gasteiger partial charge on any atom is 0.269 e. The summed E-state index contributed by atoms with van der Waals surface area (Å²) in [5, 5.41) is 21.2. The van der Waals surface area contributed by atoms with Crippen molar-refractivity contribution < 1.29 is 19.2 Å². The van der Waals surface area contributed by atoms with Crippen molar-refractivity contribution in [2.45, 2.75) is 6.92 Å². The largest absolute Gasteiger partial charge is 0.542 e. The van der Waals surface area contributed by atoms with Gasteiger partial charge in [0.25, 0.3) is 5.69 Å². The Bertz CT molecular complexity index is 629. The molecule has 2 aromatic rings. The third-order valence-electron chi connectivity index (χ3n) is 2.49. The van der Waals surface area contributed by atoms with Crippen molar-refractivity contribution in [1.29, 1.82) is 0 Å². The van der Waals surface area contributed by atoms with E-state index in [2.05, 4.69) is 0 Å². The summed E-state index contributed by atoms with van der Waals surface area (Å²) in [4.78, 5) is 20.7. The molecule has 6 heteroatoms. The Hall–Kier alpha value is -2.63. The number of rotatable bonds is 3. The first-order chi connectivity index (χ1) is 8.49. The van der Waals surface area contributed by atoms with Crippen LogP contribution in [0, 0.1) is 17.0 Å². The van der Waals surface area contributed by atoms with Gasteiger partial charge in [-0.15, -0.1) is 0 Å². The molecule has 0 aliphatic heterocycles. The van der Waals surface area contributed by atoms with E-state index in [-0.39, 0.29) is 11.4 Å². The number of nitro groups is 1. The molecule has 0 saturated heterocycles. The zero-order valence-electron chi connectivity index (χ0n) is 9.38. The van der Waals surface area contributed by atoms with Crippen LogP contribution in [0.4, 0.5) is 5.69 Å². The van der Waals surface area contributed by atoms with Crippen molar-refractivity contribution in [2.75, 3.05) is 0 Å². The summed E-state index contributed by atoms with van der Waals surface area (Å²) < 4.78 is 5.08. The van der Waals surface area contributed by atoms with Gasteiger partial charge in [-0.2, -0.15) is 0 Å². The van der Waals surface area contributed by atoms with E-state index in [1.54, 1.807) is 6.92 Å². The summed E-state index contributed by atoms with van der Waals surface area (Å²) in [5.74, 6) is -1.34. The molecule has 0 N–H and O–H groups in total. The molecule has 1 aromatic carbocycles. The summed E-state index contributed by atoms with van der Waals surface area (Å²) in [5.41, 5.74) is 1.21. The highest BCUT2D eigenvalue weighted by Crippen LogP contribution is 2.28. The number of carbonyl (C=O) groups is 1. The molecule has 1 heterocycles. The molecule has 0 bridgehead atoms. The van der Waals surface area contributed by atoms with Crippen molar-refractivity contribution in [3.63, 3.8) is 0 Å². The summed E-state index contributed by atoms with van der Waals surface area (Å²) in [6.45, 7) is 1.68. The highest BCUT2D eigenvalue weighted by atomic mass is 16.6. The van der Waals surface area contributed by atoms with Gasteiger partial charge in [0.2, 0.25) is 0 Å². The Morgan fingerprint density at radius 3 is 2.50 bits per heavy atom. The van der Waals surface area contributed by atoms with E-state index < -0.39 is 10.9 Å². The molecule has 18 heavy (non-hydrogen) atoms. The number of benzene rings is 1. The lowest BCUT2D eigenvalue weighted by molar-refractivity contribution is -0.384. The van der Waals surface area contributed by atoms with Crippen LogP contribution >= 0.6 is 0 Å². The molecule has 0 spiro atoms. The van der Waals surface area contributed by atoms with Gasteiger partial charge < -0.3 is 14.3 Å². The lowest BCUT2D eigenvalue weighted by atomic mass is 10.1. The Labute approximate surface area is 102 Å². The number of carboxylic acid groups (broad SMARTS) is 1. The third kappa shape index (κ3) is 2.08. The fourth-order valence-corrected chi connectivity index (χ4v) is 1.63. The van der Waals surface area contributed by atoms with Gasteiger partial charge in [-0.05, 0) is 30.7 Å². The van der Waals surface area contributed by atoms with Crippen LogP contribution in [0.5, 0.6) is 0 Å². The van der Waals surface area contributed by atoms with Crippen LogP contribution in [0.1, 0.15) is 16.1 Å². The molecule has 0 fully saturated rings. The van der Waals surface area contributed by atoms with E-state index in [1.807, 2.05) is 0 Å². The highest BCUT2D eigenvalue weighted by Gasteiger charge is 2.12. The molecule has 0 atom stereocenters. The number of hydrogen-bond donors (Lipinski definition) is 0. The van der Waals surface area contributed by atoms with E-state index in [0.29, 0.717) is 16.9 Å². The van der Waals surface area contributed by atoms with Crippen LogP contribution in [0.3, 0.4) is 0 Å². The zero-order chi connectivity index (χ0) is 13.3. The molecule has 92 valence electrons. The average Bonchev–Trinajstić information content (AvgIpc) is 2.78. The van der Waals surface area contributed by atoms with Gasteiger partial charge in [-0.3, -0.25) is 10.1 Å². The van der Waals surface area contributed by atoms with Crippen LogP contribution in [-0.4, -0.2) is 10.9 Å². The molecule has 0 saturated carbocycles. The molecule has 0 radical (unpaired) electrons. The molecule has 0 aliphatic carbocycles. The number of furan rings is 1. The fourth-order valence-electron chi connectivity index (χ4n) is 1.63. The number of non-ortho nitro benzene ring substituents is 1. The number of hydrogen-bond acceptors (Lipinski definition) is 5. The maximum atomic E-state index is 10.6. The summed E-state index contributed by atoms with van der Waals surface area (Å²) in [7, 11) is 0. The molecule has 0 aliphatic rings. The summed E-state index contributed by atoms with van der Waals surface area (Å²) in [6.07, 6.45) is 0. The monoisotopic (exact) mass is 246 g/mol. The Kier molecular flexibility index (Phi) is 2.85. The second-order valence-corrected chi connectivity index (χ2v) is 3.71. The van der Waals surface area contributed by atoms with Crippen LogP contribution in [0.25, 0.3) is 11.3 Å². The van der Waals surface area contributed by atoms with Crippen molar-refractivity contribution in [2.24, 2.45) is 0 Å². The minimum absolute atomic E-state index is 0.0251. The predicted octanol–water partition coefficient (Wildman–Crippen LogP) is 1.53. The zero-order valence-corrected chi connectivity index (χ0v) is 9.38. The number of aryl methyl sites for hydroxylation is 1. The van der Waals surface area contributed by atoms with Gasteiger partial charge in [-0.25, -0.2) is 0 Å². The second kappa shape index (κ2) is 4.33. The molecular formula is C12H8NO5-. The minimum atomic E-state index is -1.40. The Morgan fingerprint density at radius 1 is 1.28 bits per heavy atom. The van der Waals surface area contributed by atoms with E-state index in [9.17, 15) is 20.0 Å². The van der Waals surface area contributed by atoms with Gasteiger partial charge in [0.15, 0.2) is 0 Å². The van der Waals surface area contributed by atoms with Gasteiger partial charge >= 0.3 is 0 Å². The number of aromatic carboxylic acids is 1. The fraction of sp³-hybridized carbons (Fsp3) is 0.0833. The van der Waals surface area contributed by atoms with Crippen molar-refractivity contribution in [1.82, 2.24) is 0 Å². The number of carbonyl (C=O) groups excluding carboxylic acids is 1. The van der Waals surface area contributed by atoms with E-state index in [0.717, 1.165) is 0 Å². The van der Waals surface area contributed by atoms with Crippen LogP contribution in [-0.2, 0) is 0 Å². The quantitative estimate of drug-likeness (QED) is 0.604. The first-order valence-electron chi connectivity index (χ1n) is 5.05. The normalized spacial score (nSPS) is 10.3. The molecular weight excluding hydrogens is 238 g/mol. The van der Waals surface area contributed by atoms with Gasteiger partial charge in [0, 0.05) is 17.7 Å². The lowest BCUT2D eigenvalue weighted by Gasteiger charge is -2.02. The Balaban J connectivity index is 2.44. The van der Waals surface area contributed by atoms with Crippen LogP contribution in [0.15, 0.2) is 34.7 Å². The first-order valence-corrected chi connectivity index (χ1v) is 5.05. The van der Waals surface area contributed by atoms with Gasteiger partial charge in [0.1, 0.15) is 17.5 Å². The second-order valence-electron chi connectivity index (χ2n) is 3.71. The molecule has 1 aromatic heterocycles. The summed E-state index contributed by atoms with van der Waals surface area (Å²) >= 11 is 0. The molecule has 0 amide bonds. The van der Waals surface area contributed by atoms with E-state index in [4.69, 9.17) is 4.42 Å². The van der Waals surface area contributed by atoms with Crippen LogP contribution < -0.4 is 5.11 Å². The maximum absolute atomic E-state index is 10.6. The van der Waals surface area contributed by atoms with Crippen LogP contribution in [0.2, 0.25) is 0 Å². The van der Waals surface area contributed by atoms with Crippen molar-refractivity contribution >= 4 is 11.7 Å². The van der Waals surface area contributed by atoms with Crippen molar-refractivity contribution in [3.8, 4) is 11.3 Å². The van der Waals surface area contributed by atoms with E-state index in [1.165, 1.54) is 30.3 Å². The average molecular weight is 246 g/mol. The molecule has 2 rings (SSSR count). The lowest BCUT2D eigenvalue weighted by Crippen LogP contribution is -2.21.